The Balaban J connectivity index is 1.57. The highest BCUT2D eigenvalue weighted by molar-refractivity contribution is 7.10. The molecule has 0 aliphatic carbocycles. The van der Waals surface area contributed by atoms with Gasteiger partial charge < -0.3 is 15.3 Å². The number of hydrogen-bond donors (Lipinski definition) is 2. The van der Waals surface area contributed by atoms with Gasteiger partial charge in [-0.25, -0.2) is 4.98 Å². The zero-order chi connectivity index (χ0) is 18.5. The maximum absolute atomic E-state index is 12.6. The quantitative estimate of drug-likeness (QED) is 0.786. The summed E-state index contributed by atoms with van der Waals surface area (Å²) >= 11 is 7.32. The van der Waals surface area contributed by atoms with E-state index in [1.165, 1.54) is 11.3 Å². The largest absolute Gasteiger partial charge is 0.481 e. The van der Waals surface area contributed by atoms with Crippen molar-refractivity contribution in [1.29, 1.82) is 0 Å². The molecule has 1 unspecified atom stereocenters. The maximum atomic E-state index is 12.6. The molecule has 0 saturated carbocycles. The predicted molar refractivity (Wildman–Crippen MR) is 102 cm³/mol. The van der Waals surface area contributed by atoms with Gasteiger partial charge in [-0.3, -0.25) is 9.59 Å². The third-order valence-electron chi connectivity index (χ3n) is 4.48. The average Bonchev–Trinajstić information content (AvgIpc) is 3.16. The van der Waals surface area contributed by atoms with E-state index in [4.69, 9.17) is 16.7 Å². The zero-order valence-corrected chi connectivity index (χ0v) is 15.7. The lowest BCUT2D eigenvalue weighted by atomic mass is 9.95. The molecule has 8 heteroatoms. The van der Waals surface area contributed by atoms with Crippen LogP contribution in [0.5, 0.6) is 0 Å². The number of pyridine rings is 1. The second-order valence-electron chi connectivity index (χ2n) is 6.27. The van der Waals surface area contributed by atoms with E-state index in [0.717, 1.165) is 23.8 Å². The first-order chi connectivity index (χ1) is 12.5. The molecule has 0 spiro atoms. The minimum absolute atomic E-state index is 0.0756. The topological polar surface area (TPSA) is 82.5 Å². The number of carbonyl (C=O) groups is 2. The van der Waals surface area contributed by atoms with Crippen LogP contribution in [0, 0.1) is 5.92 Å². The Hall–Kier alpha value is -2.12. The summed E-state index contributed by atoms with van der Waals surface area (Å²) in [6.45, 7) is 1.46. The molecule has 1 atom stereocenters. The fraction of sp³-hybridized carbons (Fsp3) is 0.389. The Morgan fingerprint density at radius 3 is 2.69 bits per heavy atom. The molecule has 1 amide bonds. The number of anilines is 1. The number of aliphatic carboxylic acids is 1. The van der Waals surface area contributed by atoms with E-state index in [1.807, 2.05) is 23.6 Å². The lowest BCUT2D eigenvalue weighted by molar-refractivity contribution is -0.138. The number of carbonyl (C=O) groups excluding carboxylic acids is 1. The van der Waals surface area contributed by atoms with Crippen LogP contribution in [-0.2, 0) is 9.59 Å². The van der Waals surface area contributed by atoms with Gasteiger partial charge in [0.1, 0.15) is 5.82 Å². The van der Waals surface area contributed by atoms with Crippen LogP contribution in [0.15, 0.2) is 35.8 Å². The van der Waals surface area contributed by atoms with Gasteiger partial charge in [0, 0.05) is 30.1 Å². The Morgan fingerprint density at radius 2 is 2.12 bits per heavy atom. The second-order valence-corrected chi connectivity index (χ2v) is 7.69. The van der Waals surface area contributed by atoms with Gasteiger partial charge >= 0.3 is 5.97 Å². The Kier molecular flexibility index (Phi) is 6.11. The molecule has 3 heterocycles. The van der Waals surface area contributed by atoms with Gasteiger partial charge in [0.25, 0.3) is 0 Å². The highest BCUT2D eigenvalue weighted by atomic mass is 35.5. The number of carboxylic acid groups (broad SMARTS) is 1. The summed E-state index contributed by atoms with van der Waals surface area (Å²) in [6.07, 6.45) is 2.92. The lowest BCUT2D eigenvalue weighted by Gasteiger charge is -2.32. The summed E-state index contributed by atoms with van der Waals surface area (Å²) in [6, 6.07) is 6.92. The van der Waals surface area contributed by atoms with E-state index in [2.05, 4.69) is 15.2 Å². The molecule has 1 fully saturated rings. The normalized spacial score (nSPS) is 16.3. The number of halogens is 1. The third-order valence-corrected chi connectivity index (χ3v) is 5.69. The molecule has 1 aliphatic rings. The molecule has 2 aromatic rings. The van der Waals surface area contributed by atoms with E-state index in [-0.39, 0.29) is 18.2 Å². The van der Waals surface area contributed by atoms with Gasteiger partial charge in [-0.2, -0.15) is 0 Å². The SMILES string of the molecule is O=C(O)CC(NC(=O)C1CCN(c2ccc(Cl)cn2)CC1)c1cccs1. The van der Waals surface area contributed by atoms with Gasteiger partial charge in [0.05, 0.1) is 17.5 Å². The van der Waals surface area contributed by atoms with Crippen molar-refractivity contribution in [1.82, 2.24) is 10.3 Å². The maximum Gasteiger partial charge on any atom is 0.305 e. The monoisotopic (exact) mass is 393 g/mol. The molecule has 138 valence electrons. The molecule has 2 N–H and O–H groups in total. The molecule has 3 rings (SSSR count). The molecule has 26 heavy (non-hydrogen) atoms. The number of nitrogens with zero attached hydrogens (tertiary/aromatic N) is 2. The van der Waals surface area contributed by atoms with Crippen LogP contribution >= 0.6 is 22.9 Å². The minimum atomic E-state index is -0.924. The number of piperidine rings is 1. The van der Waals surface area contributed by atoms with Gasteiger partial charge in [-0.1, -0.05) is 17.7 Å². The van der Waals surface area contributed by atoms with Crippen molar-refractivity contribution in [2.45, 2.75) is 25.3 Å². The number of aromatic nitrogens is 1. The Labute approximate surface area is 160 Å². The summed E-state index contributed by atoms with van der Waals surface area (Å²) in [7, 11) is 0. The molecule has 2 aromatic heterocycles. The van der Waals surface area contributed by atoms with E-state index in [0.29, 0.717) is 17.9 Å². The van der Waals surface area contributed by atoms with Crippen molar-refractivity contribution >= 4 is 40.6 Å². The van der Waals surface area contributed by atoms with Gasteiger partial charge in [0.15, 0.2) is 0 Å². The van der Waals surface area contributed by atoms with Crippen LogP contribution in [0.1, 0.15) is 30.2 Å². The van der Waals surface area contributed by atoms with Crippen molar-refractivity contribution in [2.24, 2.45) is 5.92 Å². The highest BCUT2D eigenvalue weighted by Crippen LogP contribution is 2.26. The van der Waals surface area contributed by atoms with Crippen LogP contribution in [0.2, 0.25) is 5.02 Å². The van der Waals surface area contributed by atoms with Crippen LogP contribution in [0.3, 0.4) is 0 Å². The predicted octanol–water partition coefficient (Wildman–Crippen LogP) is 3.35. The van der Waals surface area contributed by atoms with Gasteiger partial charge in [0.2, 0.25) is 5.91 Å². The van der Waals surface area contributed by atoms with E-state index in [9.17, 15) is 9.59 Å². The molecule has 1 saturated heterocycles. The summed E-state index contributed by atoms with van der Waals surface area (Å²) in [5.74, 6) is -0.258. The minimum Gasteiger partial charge on any atom is -0.481 e. The summed E-state index contributed by atoms with van der Waals surface area (Å²) in [5.41, 5.74) is 0. The fourth-order valence-corrected chi connectivity index (χ4v) is 3.99. The molecular formula is C18H20ClN3O3S. The summed E-state index contributed by atoms with van der Waals surface area (Å²) in [5, 5.41) is 14.5. The van der Waals surface area contributed by atoms with Crippen LogP contribution in [0.4, 0.5) is 5.82 Å². The summed E-state index contributed by atoms with van der Waals surface area (Å²) < 4.78 is 0. The van der Waals surface area contributed by atoms with Crippen LogP contribution in [0.25, 0.3) is 0 Å². The first-order valence-corrected chi connectivity index (χ1v) is 9.71. The third kappa shape index (κ3) is 4.74. The Morgan fingerprint density at radius 1 is 1.35 bits per heavy atom. The number of rotatable bonds is 6. The molecular weight excluding hydrogens is 374 g/mol. The lowest BCUT2D eigenvalue weighted by Crippen LogP contribution is -2.42. The van der Waals surface area contributed by atoms with E-state index >= 15 is 0 Å². The van der Waals surface area contributed by atoms with Crippen molar-refractivity contribution in [2.75, 3.05) is 18.0 Å². The standard InChI is InChI=1S/C18H20ClN3O3S/c19-13-3-4-16(20-11-13)22-7-5-12(6-8-22)18(25)21-14(10-17(23)24)15-2-1-9-26-15/h1-4,9,11-12,14H,5-8,10H2,(H,21,25)(H,23,24). The average molecular weight is 394 g/mol. The van der Waals surface area contributed by atoms with Crippen LogP contribution in [-0.4, -0.2) is 35.1 Å². The number of hydrogen-bond acceptors (Lipinski definition) is 5. The summed E-state index contributed by atoms with van der Waals surface area (Å²) in [4.78, 5) is 31.1. The molecule has 0 bridgehead atoms. The molecule has 6 nitrogen and oxygen atoms in total. The Bertz CT molecular complexity index is 744. The molecule has 0 radical (unpaired) electrons. The zero-order valence-electron chi connectivity index (χ0n) is 14.1. The van der Waals surface area contributed by atoms with Crippen LogP contribution < -0.4 is 10.2 Å². The van der Waals surface area contributed by atoms with Crippen molar-refractivity contribution in [3.63, 3.8) is 0 Å². The molecule has 1 aliphatic heterocycles. The van der Waals surface area contributed by atoms with Gasteiger partial charge in [-0.15, -0.1) is 11.3 Å². The van der Waals surface area contributed by atoms with Gasteiger partial charge in [-0.05, 0) is 36.4 Å². The first-order valence-electron chi connectivity index (χ1n) is 8.45. The molecule has 0 aromatic carbocycles. The van der Waals surface area contributed by atoms with E-state index in [1.54, 1.807) is 12.3 Å². The van der Waals surface area contributed by atoms with Crippen molar-refractivity contribution in [3.05, 3.63) is 45.7 Å². The number of nitrogens with one attached hydrogen (secondary N) is 1. The van der Waals surface area contributed by atoms with E-state index < -0.39 is 12.0 Å². The second kappa shape index (κ2) is 8.51. The van der Waals surface area contributed by atoms with Crippen molar-refractivity contribution < 1.29 is 14.7 Å². The first kappa shape index (κ1) is 18.7. The fourth-order valence-electron chi connectivity index (χ4n) is 3.10. The number of amides is 1. The number of thiophene rings is 1. The van der Waals surface area contributed by atoms with Crippen molar-refractivity contribution in [3.8, 4) is 0 Å². The number of carboxylic acids is 1. The highest BCUT2D eigenvalue weighted by Gasteiger charge is 2.28. The smallest absolute Gasteiger partial charge is 0.305 e.